The van der Waals surface area contributed by atoms with Crippen molar-refractivity contribution in [3.63, 3.8) is 0 Å². The lowest BCUT2D eigenvalue weighted by atomic mass is 9.70. The number of halogens is 3. The molecule has 0 radical (unpaired) electrons. The molecule has 1 saturated heterocycles. The van der Waals surface area contributed by atoms with Crippen molar-refractivity contribution in [2.45, 2.75) is 37.6 Å². The molecule has 37 heavy (non-hydrogen) atoms. The highest BCUT2D eigenvalue weighted by molar-refractivity contribution is 5.79. The number of carbonyl (C=O) groups is 2. The Kier molecular flexibility index (Phi) is 7.86. The predicted molar refractivity (Wildman–Crippen MR) is 134 cm³/mol. The third-order valence-corrected chi connectivity index (χ3v) is 7.26. The molecule has 1 N–H and O–H groups in total. The van der Waals surface area contributed by atoms with Crippen LogP contribution in [0.1, 0.15) is 43.4 Å². The summed E-state index contributed by atoms with van der Waals surface area (Å²) in [5.74, 6) is -1.67. The second kappa shape index (κ2) is 11.1. The molecule has 0 spiro atoms. The first kappa shape index (κ1) is 26.3. The molecule has 0 saturated carbocycles. The lowest BCUT2D eigenvalue weighted by molar-refractivity contribution is -0.138. The normalized spacial score (nSPS) is 18.4. The summed E-state index contributed by atoms with van der Waals surface area (Å²) >= 11 is 0. The second-order valence-corrected chi connectivity index (χ2v) is 9.39. The van der Waals surface area contributed by atoms with E-state index in [1.54, 1.807) is 24.3 Å². The summed E-state index contributed by atoms with van der Waals surface area (Å²) in [6, 6.07) is 16.6. The van der Waals surface area contributed by atoms with Crippen LogP contribution in [0, 0.1) is 17.5 Å². The summed E-state index contributed by atoms with van der Waals surface area (Å²) in [5.41, 5.74) is 2.12. The fourth-order valence-electron chi connectivity index (χ4n) is 5.08. The predicted octanol–water partition coefficient (Wildman–Crippen LogP) is 6.14. The largest absolute Gasteiger partial charge is 0.453 e. The van der Waals surface area contributed by atoms with Crippen LogP contribution in [0.25, 0.3) is 11.1 Å². The number of nitrogens with zero attached hydrogens (tertiary/aromatic N) is 1. The Hall–Kier alpha value is -3.81. The first-order valence-electron chi connectivity index (χ1n) is 12.2. The van der Waals surface area contributed by atoms with Crippen molar-refractivity contribution in [3.05, 3.63) is 95.3 Å². The third kappa shape index (κ3) is 5.79. The minimum atomic E-state index is -0.633. The highest BCUT2D eigenvalue weighted by atomic mass is 19.1. The van der Waals surface area contributed by atoms with Crippen LogP contribution in [0.3, 0.4) is 0 Å². The van der Waals surface area contributed by atoms with E-state index in [9.17, 15) is 22.8 Å². The van der Waals surface area contributed by atoms with E-state index in [1.807, 2.05) is 24.0 Å². The number of hydrogen-bond acceptors (Lipinski definition) is 3. The van der Waals surface area contributed by atoms with Crippen molar-refractivity contribution < 1.29 is 27.5 Å². The number of carbonyl (C=O) groups excluding carboxylic acids is 2. The Labute approximate surface area is 214 Å². The first-order chi connectivity index (χ1) is 17.7. The molecule has 194 valence electrons. The van der Waals surface area contributed by atoms with Gasteiger partial charge in [-0.3, -0.25) is 4.79 Å². The van der Waals surface area contributed by atoms with Gasteiger partial charge < -0.3 is 15.0 Å². The summed E-state index contributed by atoms with van der Waals surface area (Å²) in [6.45, 7) is 2.73. The van der Waals surface area contributed by atoms with Crippen molar-refractivity contribution in [1.82, 2.24) is 10.2 Å². The minimum Gasteiger partial charge on any atom is -0.453 e. The third-order valence-electron chi connectivity index (χ3n) is 7.26. The number of amides is 2. The molecule has 0 aliphatic carbocycles. The highest BCUT2D eigenvalue weighted by Gasteiger charge is 2.41. The van der Waals surface area contributed by atoms with Crippen LogP contribution in [0.2, 0.25) is 0 Å². The monoisotopic (exact) mass is 510 g/mol. The van der Waals surface area contributed by atoms with Crippen LogP contribution in [-0.4, -0.2) is 37.1 Å². The van der Waals surface area contributed by atoms with Crippen LogP contribution in [0.5, 0.6) is 0 Å². The maximum absolute atomic E-state index is 14.2. The van der Waals surface area contributed by atoms with Gasteiger partial charge >= 0.3 is 6.09 Å². The quantitative estimate of drug-likeness (QED) is 0.416. The van der Waals surface area contributed by atoms with Crippen molar-refractivity contribution in [2.24, 2.45) is 0 Å². The molecule has 1 aliphatic heterocycles. The smallest absolute Gasteiger partial charge is 0.406 e. The first-order valence-corrected chi connectivity index (χ1v) is 12.2. The van der Waals surface area contributed by atoms with Gasteiger partial charge in [-0.25, -0.2) is 18.0 Å². The molecular formula is C29H29F3N2O3. The Balaban J connectivity index is 1.51. The molecular weight excluding hydrogens is 481 g/mol. The molecule has 5 nitrogen and oxygen atoms in total. The Morgan fingerprint density at radius 2 is 1.70 bits per heavy atom. The summed E-state index contributed by atoms with van der Waals surface area (Å²) in [6.07, 6.45) is 0.802. The molecule has 1 aliphatic rings. The topological polar surface area (TPSA) is 58.6 Å². The fourth-order valence-corrected chi connectivity index (χ4v) is 5.08. The summed E-state index contributed by atoms with van der Waals surface area (Å²) in [5, 5.41) is 2.68. The number of benzene rings is 3. The Morgan fingerprint density at radius 1 is 1.03 bits per heavy atom. The van der Waals surface area contributed by atoms with Crippen molar-refractivity contribution in [3.8, 4) is 11.1 Å². The molecule has 3 aromatic carbocycles. The van der Waals surface area contributed by atoms with Crippen molar-refractivity contribution in [2.75, 3.05) is 20.2 Å². The summed E-state index contributed by atoms with van der Waals surface area (Å²) in [4.78, 5) is 26.8. The molecule has 3 aromatic rings. The average molecular weight is 511 g/mol. The molecule has 4 rings (SSSR count). The Bertz CT molecular complexity index is 1260. The van der Waals surface area contributed by atoms with Gasteiger partial charge in [0.2, 0.25) is 5.91 Å². The van der Waals surface area contributed by atoms with Crippen LogP contribution in [0.15, 0.2) is 66.7 Å². The number of methoxy groups -OCH3 is 1. The van der Waals surface area contributed by atoms with E-state index in [-0.39, 0.29) is 24.2 Å². The number of piperidine rings is 1. The fraction of sp³-hybridized carbons (Fsp3) is 0.310. The van der Waals surface area contributed by atoms with Gasteiger partial charge in [0.25, 0.3) is 0 Å². The van der Waals surface area contributed by atoms with E-state index in [0.717, 1.165) is 17.2 Å². The van der Waals surface area contributed by atoms with Gasteiger partial charge in [0.05, 0.1) is 13.2 Å². The van der Waals surface area contributed by atoms with Crippen LogP contribution in [0.4, 0.5) is 18.0 Å². The zero-order valence-corrected chi connectivity index (χ0v) is 20.8. The summed E-state index contributed by atoms with van der Waals surface area (Å²) < 4.78 is 45.7. The van der Waals surface area contributed by atoms with E-state index in [2.05, 4.69) is 10.1 Å². The van der Waals surface area contributed by atoms with Gasteiger partial charge in [0.1, 0.15) is 17.5 Å². The molecule has 0 unspecified atom stereocenters. The zero-order chi connectivity index (χ0) is 26.6. The Morgan fingerprint density at radius 3 is 2.32 bits per heavy atom. The molecule has 1 fully saturated rings. The molecule has 0 aromatic heterocycles. The van der Waals surface area contributed by atoms with E-state index < -0.39 is 23.1 Å². The van der Waals surface area contributed by atoms with Crippen molar-refractivity contribution >= 4 is 12.0 Å². The van der Waals surface area contributed by atoms with E-state index >= 15 is 0 Å². The van der Waals surface area contributed by atoms with Gasteiger partial charge in [-0.2, -0.15) is 0 Å². The van der Waals surface area contributed by atoms with Gasteiger partial charge in [-0.15, -0.1) is 0 Å². The number of likely N-dealkylation sites (tertiary alicyclic amines) is 1. The number of alkyl carbamates (subject to hydrolysis) is 1. The lowest BCUT2D eigenvalue weighted by Gasteiger charge is -2.44. The minimum absolute atomic E-state index is 0.0465. The van der Waals surface area contributed by atoms with Crippen LogP contribution >= 0.6 is 0 Å². The maximum atomic E-state index is 14.2. The van der Waals surface area contributed by atoms with Gasteiger partial charge in [-0.05, 0) is 60.7 Å². The van der Waals surface area contributed by atoms with E-state index in [0.29, 0.717) is 37.1 Å². The van der Waals surface area contributed by atoms with Crippen molar-refractivity contribution in [1.29, 1.82) is 0 Å². The maximum Gasteiger partial charge on any atom is 0.406 e. The number of ether oxygens (including phenoxy) is 1. The average Bonchev–Trinajstić information content (AvgIpc) is 2.89. The second-order valence-electron chi connectivity index (χ2n) is 9.39. The number of rotatable bonds is 7. The summed E-state index contributed by atoms with van der Waals surface area (Å²) in [7, 11) is 1.29. The van der Waals surface area contributed by atoms with Gasteiger partial charge in [0, 0.05) is 36.6 Å². The van der Waals surface area contributed by atoms with Gasteiger partial charge in [-0.1, -0.05) is 36.4 Å². The highest BCUT2D eigenvalue weighted by Crippen LogP contribution is 2.41. The molecule has 8 heteroatoms. The molecule has 0 bridgehead atoms. The molecule has 2 atom stereocenters. The SMILES string of the molecule is COC(=O)NCC[C@]1(c2ccc(F)cc2)CCN([C@@H](C)c2ccc(-c3ccc(F)cc3F)cc2)C(=O)C1. The molecule has 2 amide bonds. The van der Waals surface area contributed by atoms with E-state index in [4.69, 9.17) is 0 Å². The zero-order valence-electron chi connectivity index (χ0n) is 20.8. The van der Waals surface area contributed by atoms with Gasteiger partial charge in [0.15, 0.2) is 0 Å². The molecule has 1 heterocycles. The van der Waals surface area contributed by atoms with Crippen LogP contribution in [-0.2, 0) is 14.9 Å². The lowest BCUT2D eigenvalue weighted by Crippen LogP contribution is -2.48. The number of nitrogens with one attached hydrogen (secondary N) is 1. The standard InChI is InChI=1S/C29H29F3N2O3/c1-19(20-3-5-21(6-4-20)25-12-11-24(31)17-26(25)32)34-16-14-29(18-27(34)35,13-15-33-28(36)37-2)22-7-9-23(30)10-8-22/h3-12,17,19H,13-16,18H2,1-2H3,(H,33,36)/t19-,29-/m0/s1. The van der Waals surface area contributed by atoms with E-state index in [1.165, 1.54) is 31.4 Å². The van der Waals surface area contributed by atoms with Crippen LogP contribution < -0.4 is 5.32 Å². The number of hydrogen-bond donors (Lipinski definition) is 1.